The van der Waals surface area contributed by atoms with Gasteiger partial charge in [-0.1, -0.05) is 12.1 Å². The van der Waals surface area contributed by atoms with Gasteiger partial charge >= 0.3 is 5.97 Å². The molecule has 4 heteroatoms. The third-order valence-corrected chi connectivity index (χ3v) is 2.58. The smallest absolute Gasteiger partial charge is 0.339 e. The molecule has 0 saturated heterocycles. The van der Waals surface area contributed by atoms with Gasteiger partial charge in [-0.3, -0.25) is 4.98 Å². The molecule has 0 saturated carbocycles. The van der Waals surface area contributed by atoms with Crippen LogP contribution in [0.5, 0.6) is 5.75 Å². The lowest BCUT2D eigenvalue weighted by atomic mass is 10.1. The fourth-order valence-electron chi connectivity index (χ4n) is 1.61. The number of hydrogen-bond acceptors (Lipinski definition) is 4. The summed E-state index contributed by atoms with van der Waals surface area (Å²) in [6, 6.07) is 9.30. The van der Waals surface area contributed by atoms with E-state index in [2.05, 4.69) is 9.72 Å². The lowest BCUT2D eigenvalue weighted by molar-refractivity contribution is 0.0600. The zero-order valence-corrected chi connectivity index (χ0v) is 10.2. The Hall–Kier alpha value is -2.36. The Labute approximate surface area is 105 Å². The topological polar surface area (TPSA) is 48.4 Å². The molecule has 0 bridgehead atoms. The number of pyridine rings is 1. The predicted octanol–water partition coefficient (Wildman–Crippen LogP) is 2.54. The Morgan fingerprint density at radius 1 is 1.06 bits per heavy atom. The third-order valence-electron chi connectivity index (χ3n) is 2.58. The van der Waals surface area contributed by atoms with E-state index in [0.717, 1.165) is 16.9 Å². The number of benzene rings is 1. The molecule has 0 aliphatic heterocycles. The van der Waals surface area contributed by atoms with Crippen LogP contribution in [0.25, 0.3) is 11.1 Å². The van der Waals surface area contributed by atoms with Crippen molar-refractivity contribution in [1.82, 2.24) is 4.98 Å². The fourth-order valence-corrected chi connectivity index (χ4v) is 1.61. The van der Waals surface area contributed by atoms with Gasteiger partial charge in [0, 0.05) is 18.0 Å². The Morgan fingerprint density at radius 3 is 2.39 bits per heavy atom. The van der Waals surface area contributed by atoms with Crippen molar-refractivity contribution >= 4 is 5.97 Å². The molecule has 4 nitrogen and oxygen atoms in total. The van der Waals surface area contributed by atoms with Gasteiger partial charge in [0.25, 0.3) is 0 Å². The number of esters is 1. The average Bonchev–Trinajstić information content (AvgIpc) is 2.46. The zero-order chi connectivity index (χ0) is 13.0. The minimum absolute atomic E-state index is 0.391. The highest BCUT2D eigenvalue weighted by Gasteiger charge is 2.07. The van der Waals surface area contributed by atoms with Crippen LogP contribution in [-0.4, -0.2) is 25.2 Å². The van der Waals surface area contributed by atoms with Crippen LogP contribution in [0.1, 0.15) is 10.4 Å². The molecule has 1 heterocycles. The molecule has 2 rings (SSSR count). The molecule has 0 atom stereocenters. The van der Waals surface area contributed by atoms with E-state index in [1.54, 1.807) is 19.4 Å². The van der Waals surface area contributed by atoms with Gasteiger partial charge in [0.05, 0.1) is 19.8 Å². The van der Waals surface area contributed by atoms with Crippen LogP contribution in [0.4, 0.5) is 0 Å². The van der Waals surface area contributed by atoms with Crippen LogP contribution in [0.15, 0.2) is 42.7 Å². The minimum Gasteiger partial charge on any atom is -0.497 e. The maximum atomic E-state index is 11.4. The molecule has 0 unspecified atom stereocenters. The van der Waals surface area contributed by atoms with E-state index >= 15 is 0 Å². The van der Waals surface area contributed by atoms with Crippen molar-refractivity contribution in [1.29, 1.82) is 0 Å². The minimum atomic E-state index is -0.391. The van der Waals surface area contributed by atoms with Gasteiger partial charge in [0.1, 0.15) is 5.75 Å². The van der Waals surface area contributed by atoms with Crippen molar-refractivity contribution in [2.75, 3.05) is 14.2 Å². The van der Waals surface area contributed by atoms with E-state index in [1.165, 1.54) is 13.3 Å². The van der Waals surface area contributed by atoms with Gasteiger partial charge in [-0.05, 0) is 23.8 Å². The van der Waals surface area contributed by atoms with Gasteiger partial charge in [-0.2, -0.15) is 0 Å². The highest BCUT2D eigenvalue weighted by Crippen LogP contribution is 2.22. The number of nitrogens with zero attached hydrogens (tertiary/aromatic N) is 1. The summed E-state index contributed by atoms with van der Waals surface area (Å²) in [6.45, 7) is 0. The summed E-state index contributed by atoms with van der Waals surface area (Å²) < 4.78 is 9.76. The first-order valence-corrected chi connectivity index (χ1v) is 5.42. The van der Waals surface area contributed by atoms with Gasteiger partial charge in [-0.25, -0.2) is 4.79 Å². The van der Waals surface area contributed by atoms with Crippen molar-refractivity contribution in [2.45, 2.75) is 0 Å². The highest BCUT2D eigenvalue weighted by atomic mass is 16.5. The van der Waals surface area contributed by atoms with E-state index in [9.17, 15) is 4.79 Å². The molecule has 18 heavy (non-hydrogen) atoms. The molecule has 1 aromatic heterocycles. The van der Waals surface area contributed by atoms with Crippen LogP contribution in [-0.2, 0) is 4.74 Å². The maximum Gasteiger partial charge on any atom is 0.339 e. The fraction of sp³-hybridized carbons (Fsp3) is 0.143. The van der Waals surface area contributed by atoms with Crippen molar-refractivity contribution in [3.05, 3.63) is 48.3 Å². The van der Waals surface area contributed by atoms with Crippen LogP contribution in [0.3, 0.4) is 0 Å². The van der Waals surface area contributed by atoms with Gasteiger partial charge in [0.2, 0.25) is 0 Å². The molecule has 0 aliphatic carbocycles. The number of hydrogen-bond donors (Lipinski definition) is 0. The summed E-state index contributed by atoms with van der Waals surface area (Å²) in [5.41, 5.74) is 2.26. The van der Waals surface area contributed by atoms with Crippen LogP contribution < -0.4 is 4.74 Å². The standard InChI is InChI=1S/C14H13NO3/c1-17-13-5-3-10(4-6-13)11-7-12(9-15-8-11)14(16)18-2/h3-9H,1-2H3. The Balaban J connectivity index is 2.35. The lowest BCUT2D eigenvalue weighted by Crippen LogP contribution is -2.01. The second-order valence-corrected chi connectivity index (χ2v) is 3.68. The lowest BCUT2D eigenvalue weighted by Gasteiger charge is -2.05. The van der Waals surface area contributed by atoms with Gasteiger partial charge < -0.3 is 9.47 Å². The summed E-state index contributed by atoms with van der Waals surface area (Å²) in [7, 11) is 2.97. The van der Waals surface area contributed by atoms with E-state index < -0.39 is 5.97 Å². The third kappa shape index (κ3) is 2.48. The van der Waals surface area contributed by atoms with E-state index in [0.29, 0.717) is 5.56 Å². The molecular formula is C14H13NO3. The summed E-state index contributed by atoms with van der Waals surface area (Å²) in [5, 5.41) is 0. The van der Waals surface area contributed by atoms with Gasteiger partial charge in [-0.15, -0.1) is 0 Å². The first kappa shape index (κ1) is 12.1. The van der Waals surface area contributed by atoms with Crippen molar-refractivity contribution in [2.24, 2.45) is 0 Å². The first-order valence-electron chi connectivity index (χ1n) is 5.42. The molecule has 92 valence electrons. The molecular weight excluding hydrogens is 230 g/mol. The monoisotopic (exact) mass is 243 g/mol. The molecule has 0 radical (unpaired) electrons. The Morgan fingerprint density at radius 2 is 1.78 bits per heavy atom. The van der Waals surface area contributed by atoms with Crippen LogP contribution >= 0.6 is 0 Å². The molecule has 0 N–H and O–H groups in total. The summed E-state index contributed by atoms with van der Waals surface area (Å²) >= 11 is 0. The number of methoxy groups -OCH3 is 2. The van der Waals surface area contributed by atoms with E-state index in [1.807, 2.05) is 24.3 Å². The molecule has 2 aromatic rings. The molecule has 0 aliphatic rings. The van der Waals surface area contributed by atoms with Crippen molar-refractivity contribution in [3.8, 4) is 16.9 Å². The first-order chi connectivity index (χ1) is 8.74. The quantitative estimate of drug-likeness (QED) is 0.777. The summed E-state index contributed by atoms with van der Waals surface area (Å²) in [6.07, 6.45) is 3.19. The summed E-state index contributed by atoms with van der Waals surface area (Å²) in [4.78, 5) is 15.5. The largest absolute Gasteiger partial charge is 0.497 e. The molecule has 0 amide bonds. The number of aromatic nitrogens is 1. The van der Waals surface area contributed by atoms with E-state index in [4.69, 9.17) is 4.74 Å². The Kier molecular flexibility index (Phi) is 3.57. The molecule has 0 fully saturated rings. The molecule has 0 spiro atoms. The highest BCUT2D eigenvalue weighted by molar-refractivity contribution is 5.90. The number of rotatable bonds is 3. The van der Waals surface area contributed by atoms with Crippen LogP contribution in [0, 0.1) is 0 Å². The number of carbonyl (C=O) groups excluding carboxylic acids is 1. The maximum absolute atomic E-state index is 11.4. The predicted molar refractivity (Wildman–Crippen MR) is 67.6 cm³/mol. The zero-order valence-electron chi connectivity index (χ0n) is 10.2. The van der Waals surface area contributed by atoms with Gasteiger partial charge in [0.15, 0.2) is 0 Å². The Bertz CT molecular complexity index is 549. The SMILES string of the molecule is COC(=O)c1cncc(-c2ccc(OC)cc2)c1. The van der Waals surface area contributed by atoms with E-state index in [-0.39, 0.29) is 0 Å². The summed E-state index contributed by atoms with van der Waals surface area (Å²) in [5.74, 6) is 0.397. The number of carbonyl (C=O) groups is 1. The average molecular weight is 243 g/mol. The molecule has 1 aromatic carbocycles. The number of ether oxygens (including phenoxy) is 2. The normalized spacial score (nSPS) is 9.89. The second kappa shape index (κ2) is 5.31. The van der Waals surface area contributed by atoms with Crippen molar-refractivity contribution in [3.63, 3.8) is 0 Å². The second-order valence-electron chi connectivity index (χ2n) is 3.68. The van der Waals surface area contributed by atoms with Crippen molar-refractivity contribution < 1.29 is 14.3 Å². The van der Waals surface area contributed by atoms with Crippen LogP contribution in [0.2, 0.25) is 0 Å².